The average molecular weight is 422 g/mol. The fourth-order valence-corrected chi connectivity index (χ4v) is 5.25. The number of epoxide rings is 2. The Kier molecular flexibility index (Phi) is 6.35. The number of nitrogens with one attached hydrogen (secondary N) is 1. The zero-order chi connectivity index (χ0) is 21.5. The monoisotopic (exact) mass is 421 g/mol. The van der Waals surface area contributed by atoms with Crippen LogP contribution in [-0.2, 0) is 23.8 Å². The Labute approximate surface area is 178 Å². The third kappa shape index (κ3) is 4.35. The molecule has 3 saturated heterocycles. The van der Waals surface area contributed by atoms with Crippen LogP contribution in [0.4, 0.5) is 0 Å². The molecule has 7 nitrogen and oxygen atoms in total. The number of rotatable bonds is 10. The van der Waals surface area contributed by atoms with E-state index in [1.807, 2.05) is 6.08 Å². The molecule has 4 aliphatic rings. The molecule has 3 aliphatic heterocycles. The highest BCUT2D eigenvalue weighted by Crippen LogP contribution is 2.57. The third-order valence-corrected chi connectivity index (χ3v) is 6.96. The van der Waals surface area contributed by atoms with Crippen LogP contribution in [-0.4, -0.2) is 59.1 Å². The molecular weight excluding hydrogens is 386 g/mol. The first-order chi connectivity index (χ1) is 14.4. The molecule has 168 valence electrons. The number of carbonyl (C=O) groups excluding carboxylic acids is 2. The Balaban J connectivity index is 1.22. The molecule has 4 rings (SSSR count). The highest BCUT2D eigenvalue weighted by Gasteiger charge is 2.79. The van der Waals surface area contributed by atoms with Crippen LogP contribution in [0.2, 0.25) is 0 Å². The van der Waals surface area contributed by atoms with E-state index in [1.54, 1.807) is 6.08 Å². The molecule has 1 saturated carbocycles. The van der Waals surface area contributed by atoms with Crippen molar-refractivity contribution in [1.29, 1.82) is 0 Å². The zero-order valence-electron chi connectivity index (χ0n) is 18.2. The highest BCUT2D eigenvalue weighted by atomic mass is 16.7. The summed E-state index contributed by atoms with van der Waals surface area (Å²) in [5.41, 5.74) is -0.829. The Morgan fingerprint density at radius 2 is 1.93 bits per heavy atom. The van der Waals surface area contributed by atoms with E-state index in [-0.39, 0.29) is 23.9 Å². The van der Waals surface area contributed by atoms with Gasteiger partial charge in [-0.1, -0.05) is 59.0 Å². The molecular formula is C23H35NO6. The first-order valence-electron chi connectivity index (χ1n) is 11.5. The molecule has 2 N–H and O–H groups in total. The standard InChI is InChI=1S/C23H35NO6/c1-4-5-6-7-8-13(2)11-14(3)9-10-16(25)24-15-12-23(30-22(15)27)20-18(28-20)17(26)19-21(23)29-19/h9-10,13-15,18-22,27H,4-8,11-12H2,1-3H3,(H,24,25)/b10-9+/t13-,14-,15+,18-,19+,20-,21+,22-,23?/m1/s1. The molecule has 1 amide bonds. The van der Waals surface area contributed by atoms with E-state index < -0.39 is 30.1 Å². The van der Waals surface area contributed by atoms with Crippen molar-refractivity contribution >= 4 is 11.7 Å². The second-order valence-corrected chi connectivity index (χ2v) is 9.67. The van der Waals surface area contributed by atoms with Crippen molar-refractivity contribution < 1.29 is 28.9 Å². The van der Waals surface area contributed by atoms with Crippen LogP contribution in [0.1, 0.15) is 65.7 Å². The van der Waals surface area contributed by atoms with Crippen molar-refractivity contribution in [2.75, 3.05) is 0 Å². The van der Waals surface area contributed by atoms with Gasteiger partial charge in [0.15, 0.2) is 12.1 Å². The lowest BCUT2D eigenvalue weighted by molar-refractivity contribution is -0.159. The van der Waals surface area contributed by atoms with Crippen molar-refractivity contribution in [2.24, 2.45) is 11.8 Å². The van der Waals surface area contributed by atoms with E-state index in [9.17, 15) is 14.7 Å². The predicted molar refractivity (Wildman–Crippen MR) is 110 cm³/mol. The number of hydrogen-bond donors (Lipinski definition) is 2. The van der Waals surface area contributed by atoms with Crippen LogP contribution < -0.4 is 5.32 Å². The minimum atomic E-state index is -1.13. The summed E-state index contributed by atoms with van der Waals surface area (Å²) in [6.07, 6.45) is 8.45. The molecule has 7 heteroatoms. The summed E-state index contributed by atoms with van der Waals surface area (Å²) in [5, 5.41) is 13.2. The van der Waals surface area contributed by atoms with Crippen LogP contribution in [0, 0.1) is 11.8 Å². The van der Waals surface area contributed by atoms with Gasteiger partial charge in [-0.15, -0.1) is 0 Å². The molecule has 1 aliphatic carbocycles. The molecule has 0 aromatic carbocycles. The van der Waals surface area contributed by atoms with Crippen molar-refractivity contribution in [2.45, 2.75) is 108 Å². The Hall–Kier alpha value is -1.28. The number of unbranched alkanes of at least 4 members (excludes halogenated alkanes) is 3. The summed E-state index contributed by atoms with van der Waals surface area (Å²) in [6, 6.07) is -0.544. The summed E-state index contributed by atoms with van der Waals surface area (Å²) in [6.45, 7) is 6.63. The number of aliphatic hydroxyl groups excluding tert-OH is 1. The van der Waals surface area contributed by atoms with Gasteiger partial charge < -0.3 is 24.6 Å². The van der Waals surface area contributed by atoms with E-state index in [0.29, 0.717) is 18.3 Å². The van der Waals surface area contributed by atoms with Crippen LogP contribution in [0.5, 0.6) is 0 Å². The van der Waals surface area contributed by atoms with Crippen LogP contribution >= 0.6 is 0 Å². The minimum Gasteiger partial charge on any atom is -0.366 e. The minimum absolute atomic E-state index is 0.0299. The number of ether oxygens (including phenoxy) is 3. The second-order valence-electron chi connectivity index (χ2n) is 9.67. The average Bonchev–Trinajstić information content (AvgIpc) is 3.60. The number of carbonyl (C=O) groups is 2. The maximum atomic E-state index is 12.4. The van der Waals surface area contributed by atoms with Gasteiger partial charge in [-0.2, -0.15) is 0 Å². The summed E-state index contributed by atoms with van der Waals surface area (Å²) in [4.78, 5) is 24.4. The second kappa shape index (κ2) is 8.69. The molecule has 4 fully saturated rings. The first-order valence-corrected chi connectivity index (χ1v) is 11.5. The number of aliphatic hydroxyl groups is 1. The molecule has 0 aromatic heterocycles. The van der Waals surface area contributed by atoms with Crippen LogP contribution in [0.25, 0.3) is 0 Å². The highest BCUT2D eigenvalue weighted by molar-refractivity contribution is 5.94. The summed E-state index contributed by atoms with van der Waals surface area (Å²) >= 11 is 0. The van der Waals surface area contributed by atoms with Crippen LogP contribution in [0.15, 0.2) is 12.2 Å². The summed E-state index contributed by atoms with van der Waals surface area (Å²) in [7, 11) is 0. The smallest absolute Gasteiger partial charge is 0.244 e. The van der Waals surface area contributed by atoms with Gasteiger partial charge >= 0.3 is 0 Å². The quantitative estimate of drug-likeness (QED) is 0.319. The van der Waals surface area contributed by atoms with Gasteiger partial charge in [0.1, 0.15) is 30.0 Å². The lowest BCUT2D eigenvalue weighted by atomic mass is 9.81. The Morgan fingerprint density at radius 1 is 1.23 bits per heavy atom. The topological polar surface area (TPSA) is 101 Å². The van der Waals surface area contributed by atoms with Crippen molar-refractivity contribution in [3.05, 3.63) is 12.2 Å². The lowest BCUT2D eigenvalue weighted by Crippen LogP contribution is -2.49. The van der Waals surface area contributed by atoms with E-state index >= 15 is 0 Å². The van der Waals surface area contributed by atoms with Crippen molar-refractivity contribution in [1.82, 2.24) is 5.32 Å². The maximum Gasteiger partial charge on any atom is 0.244 e. The van der Waals surface area contributed by atoms with E-state index in [2.05, 4.69) is 26.1 Å². The van der Waals surface area contributed by atoms with E-state index in [4.69, 9.17) is 14.2 Å². The van der Waals surface area contributed by atoms with E-state index in [1.165, 1.54) is 32.1 Å². The molecule has 9 atom stereocenters. The number of hydrogen-bond acceptors (Lipinski definition) is 6. The predicted octanol–water partition coefficient (Wildman–Crippen LogP) is 2.26. The normalized spacial score (nSPS) is 40.9. The van der Waals surface area contributed by atoms with Crippen molar-refractivity contribution in [3.63, 3.8) is 0 Å². The fourth-order valence-electron chi connectivity index (χ4n) is 5.25. The van der Waals surface area contributed by atoms with Gasteiger partial charge in [0.05, 0.1) is 6.04 Å². The van der Waals surface area contributed by atoms with Crippen LogP contribution in [0.3, 0.4) is 0 Å². The first kappa shape index (κ1) is 21.9. The van der Waals surface area contributed by atoms with Gasteiger partial charge in [-0.05, 0) is 24.3 Å². The zero-order valence-corrected chi connectivity index (χ0v) is 18.2. The molecule has 3 heterocycles. The van der Waals surface area contributed by atoms with Gasteiger partial charge in [-0.3, -0.25) is 9.59 Å². The van der Waals surface area contributed by atoms with Gasteiger partial charge in [-0.25, -0.2) is 0 Å². The molecule has 0 radical (unpaired) electrons. The summed E-state index contributed by atoms with van der Waals surface area (Å²) in [5.74, 6) is 0.688. The number of ketones is 1. The Morgan fingerprint density at radius 3 is 2.60 bits per heavy atom. The molecule has 1 spiro atoms. The van der Waals surface area contributed by atoms with Gasteiger partial charge in [0.25, 0.3) is 0 Å². The molecule has 30 heavy (non-hydrogen) atoms. The molecule has 0 aromatic rings. The third-order valence-electron chi connectivity index (χ3n) is 6.96. The van der Waals surface area contributed by atoms with Gasteiger partial charge in [0.2, 0.25) is 5.91 Å². The molecule has 0 bridgehead atoms. The number of fused-ring (bicyclic) bond motifs is 4. The molecule has 1 unspecified atom stereocenters. The fraction of sp³-hybridized carbons (Fsp3) is 0.826. The number of amides is 1. The Bertz CT molecular complexity index is 673. The number of Topliss-reactive ketones (excluding diaryl/α,β-unsaturated/α-hetero) is 1. The van der Waals surface area contributed by atoms with Gasteiger partial charge in [0, 0.05) is 6.42 Å². The van der Waals surface area contributed by atoms with Crippen molar-refractivity contribution in [3.8, 4) is 0 Å². The largest absolute Gasteiger partial charge is 0.366 e. The SMILES string of the molecule is CCCCCC[C@@H](C)C[C@H](C)/C=C/C(=O)N[C@H]1CC2(O[C@H]1O)[C@@H]1O[C@@H]1C(=O)[C@@H]1O[C@@H]12. The summed E-state index contributed by atoms with van der Waals surface area (Å²) < 4.78 is 16.8. The lowest BCUT2D eigenvalue weighted by Gasteiger charge is -2.26. The van der Waals surface area contributed by atoms with E-state index in [0.717, 1.165) is 6.42 Å². The maximum absolute atomic E-state index is 12.4. The number of allylic oxidation sites excluding steroid dienone is 1.